The van der Waals surface area contributed by atoms with Gasteiger partial charge in [-0.1, -0.05) is 13.8 Å². The zero-order chi connectivity index (χ0) is 12.8. The molecule has 0 unspecified atom stereocenters. The summed E-state index contributed by atoms with van der Waals surface area (Å²) >= 11 is 0. The van der Waals surface area contributed by atoms with Crippen molar-refractivity contribution in [3.63, 3.8) is 0 Å². The molecule has 16 heavy (non-hydrogen) atoms. The molecule has 0 aromatic carbocycles. The number of carbonyl (C=O) groups excluding carboxylic acids is 1. The van der Waals surface area contributed by atoms with Gasteiger partial charge in [0.1, 0.15) is 6.10 Å². The van der Waals surface area contributed by atoms with Crippen molar-refractivity contribution in [1.29, 1.82) is 0 Å². The van der Waals surface area contributed by atoms with E-state index in [1.807, 2.05) is 0 Å². The van der Waals surface area contributed by atoms with Crippen LogP contribution in [0.3, 0.4) is 0 Å². The molecule has 94 valence electrons. The largest absolute Gasteiger partial charge is 0.481 e. The fourth-order valence-electron chi connectivity index (χ4n) is 1.30. The summed E-state index contributed by atoms with van der Waals surface area (Å²) in [6.07, 6.45) is -1.31. The number of amides is 1. The smallest absolute Gasteiger partial charge is 0.305 e. The Morgan fingerprint density at radius 1 is 1.38 bits per heavy atom. The van der Waals surface area contributed by atoms with Crippen molar-refractivity contribution in [2.75, 3.05) is 20.1 Å². The Balaban J connectivity index is 4.12. The predicted molar refractivity (Wildman–Crippen MR) is 59.0 cm³/mol. The summed E-state index contributed by atoms with van der Waals surface area (Å²) in [6, 6.07) is 0. The van der Waals surface area contributed by atoms with Gasteiger partial charge in [-0.05, 0) is 7.05 Å². The first kappa shape index (κ1) is 14.9. The molecule has 0 aromatic rings. The molecule has 0 aromatic heterocycles. The first-order chi connectivity index (χ1) is 7.31. The number of hydrogen-bond acceptors (Lipinski definition) is 4. The minimum absolute atomic E-state index is 0.0286. The SMILES string of the molecule is CNCC(C)(C)[C@@H](O)C(=O)NCCC(=O)O. The van der Waals surface area contributed by atoms with Crippen LogP contribution in [0.1, 0.15) is 20.3 Å². The Morgan fingerprint density at radius 3 is 2.38 bits per heavy atom. The van der Waals surface area contributed by atoms with E-state index in [9.17, 15) is 14.7 Å². The summed E-state index contributed by atoms with van der Waals surface area (Å²) in [4.78, 5) is 21.7. The minimum Gasteiger partial charge on any atom is -0.481 e. The molecular weight excluding hydrogens is 212 g/mol. The average Bonchev–Trinajstić information content (AvgIpc) is 2.15. The van der Waals surface area contributed by atoms with Crippen molar-refractivity contribution in [2.45, 2.75) is 26.4 Å². The second-order valence-electron chi connectivity index (χ2n) is 4.36. The number of nitrogens with one attached hydrogen (secondary N) is 2. The van der Waals surface area contributed by atoms with Crippen molar-refractivity contribution in [3.8, 4) is 0 Å². The number of aliphatic carboxylic acids is 1. The molecule has 0 bridgehead atoms. The first-order valence-electron chi connectivity index (χ1n) is 5.13. The van der Waals surface area contributed by atoms with Gasteiger partial charge in [0.25, 0.3) is 0 Å². The highest BCUT2D eigenvalue weighted by Crippen LogP contribution is 2.19. The number of aliphatic hydroxyl groups excluding tert-OH is 1. The summed E-state index contributed by atoms with van der Waals surface area (Å²) in [7, 11) is 1.73. The van der Waals surface area contributed by atoms with Crippen molar-refractivity contribution < 1.29 is 19.8 Å². The van der Waals surface area contributed by atoms with Gasteiger partial charge in [-0.3, -0.25) is 9.59 Å². The van der Waals surface area contributed by atoms with Gasteiger partial charge in [0.15, 0.2) is 0 Å². The van der Waals surface area contributed by atoms with E-state index < -0.39 is 23.4 Å². The Morgan fingerprint density at radius 2 is 1.94 bits per heavy atom. The summed E-state index contributed by atoms with van der Waals surface area (Å²) in [5.74, 6) is -1.52. The second-order valence-corrected chi connectivity index (χ2v) is 4.36. The lowest BCUT2D eigenvalue weighted by Crippen LogP contribution is -2.48. The Bertz CT molecular complexity index is 253. The van der Waals surface area contributed by atoms with Crippen LogP contribution in [0.2, 0.25) is 0 Å². The molecule has 0 saturated carbocycles. The molecule has 1 atom stereocenters. The van der Waals surface area contributed by atoms with E-state index in [2.05, 4.69) is 10.6 Å². The van der Waals surface area contributed by atoms with Gasteiger partial charge >= 0.3 is 5.97 Å². The van der Waals surface area contributed by atoms with Crippen LogP contribution in [-0.2, 0) is 9.59 Å². The van der Waals surface area contributed by atoms with Gasteiger partial charge in [0.2, 0.25) is 5.91 Å². The van der Waals surface area contributed by atoms with Crippen LogP contribution in [0, 0.1) is 5.41 Å². The summed E-state index contributed by atoms with van der Waals surface area (Å²) in [5.41, 5.74) is -0.595. The predicted octanol–water partition coefficient (Wildman–Crippen LogP) is -0.816. The normalized spacial score (nSPS) is 13.2. The third kappa shape index (κ3) is 5.09. The first-order valence-corrected chi connectivity index (χ1v) is 5.13. The molecule has 0 radical (unpaired) electrons. The zero-order valence-corrected chi connectivity index (χ0v) is 9.91. The molecule has 0 fully saturated rings. The molecule has 0 heterocycles. The second kappa shape index (κ2) is 6.44. The van der Waals surface area contributed by atoms with E-state index in [4.69, 9.17) is 5.11 Å². The van der Waals surface area contributed by atoms with Gasteiger partial charge in [-0.25, -0.2) is 0 Å². The van der Waals surface area contributed by atoms with Crippen molar-refractivity contribution in [2.24, 2.45) is 5.41 Å². The van der Waals surface area contributed by atoms with Gasteiger partial charge in [-0.2, -0.15) is 0 Å². The molecule has 0 spiro atoms. The van der Waals surface area contributed by atoms with E-state index in [1.54, 1.807) is 20.9 Å². The maximum Gasteiger partial charge on any atom is 0.305 e. The molecule has 0 aliphatic carbocycles. The lowest BCUT2D eigenvalue weighted by molar-refractivity contribution is -0.137. The maximum absolute atomic E-state index is 11.5. The van der Waals surface area contributed by atoms with E-state index in [1.165, 1.54) is 0 Å². The lowest BCUT2D eigenvalue weighted by atomic mass is 9.86. The molecular formula is C10H20N2O4. The number of rotatable bonds is 7. The fourth-order valence-corrected chi connectivity index (χ4v) is 1.30. The van der Waals surface area contributed by atoms with E-state index in [-0.39, 0.29) is 13.0 Å². The van der Waals surface area contributed by atoms with Crippen molar-refractivity contribution in [3.05, 3.63) is 0 Å². The van der Waals surface area contributed by atoms with Crippen molar-refractivity contribution >= 4 is 11.9 Å². The van der Waals surface area contributed by atoms with Crippen LogP contribution in [0.15, 0.2) is 0 Å². The molecule has 6 heteroatoms. The molecule has 0 aliphatic rings. The highest BCUT2D eigenvalue weighted by molar-refractivity contribution is 5.81. The monoisotopic (exact) mass is 232 g/mol. The molecule has 0 saturated heterocycles. The Kier molecular flexibility index (Phi) is 5.98. The third-order valence-corrected chi connectivity index (χ3v) is 2.26. The zero-order valence-electron chi connectivity index (χ0n) is 9.91. The fraction of sp³-hybridized carbons (Fsp3) is 0.800. The lowest BCUT2D eigenvalue weighted by Gasteiger charge is -2.29. The number of aliphatic hydroxyl groups is 1. The third-order valence-electron chi connectivity index (χ3n) is 2.26. The Hall–Kier alpha value is -1.14. The van der Waals surface area contributed by atoms with Gasteiger partial charge < -0.3 is 20.8 Å². The van der Waals surface area contributed by atoms with Crippen molar-refractivity contribution in [1.82, 2.24) is 10.6 Å². The van der Waals surface area contributed by atoms with Gasteiger partial charge in [0, 0.05) is 18.5 Å². The van der Waals surface area contributed by atoms with E-state index in [0.29, 0.717) is 6.54 Å². The number of carboxylic acids is 1. The molecule has 0 aliphatic heterocycles. The van der Waals surface area contributed by atoms with Gasteiger partial charge in [-0.15, -0.1) is 0 Å². The van der Waals surface area contributed by atoms with E-state index >= 15 is 0 Å². The van der Waals surface area contributed by atoms with Crippen LogP contribution < -0.4 is 10.6 Å². The highest BCUT2D eigenvalue weighted by atomic mass is 16.4. The van der Waals surface area contributed by atoms with Crippen LogP contribution in [-0.4, -0.2) is 48.3 Å². The Labute approximate surface area is 95.0 Å². The number of carboxylic acid groups (broad SMARTS) is 1. The maximum atomic E-state index is 11.5. The summed E-state index contributed by atoms with van der Waals surface area (Å²) in [5, 5.41) is 23.4. The summed E-state index contributed by atoms with van der Waals surface area (Å²) < 4.78 is 0. The molecule has 4 N–H and O–H groups in total. The number of hydrogen-bond donors (Lipinski definition) is 4. The van der Waals surface area contributed by atoms with Crippen LogP contribution in [0.4, 0.5) is 0 Å². The topological polar surface area (TPSA) is 98.7 Å². The van der Waals surface area contributed by atoms with Crippen LogP contribution in [0.25, 0.3) is 0 Å². The van der Waals surface area contributed by atoms with Gasteiger partial charge in [0.05, 0.1) is 6.42 Å². The minimum atomic E-state index is -1.16. The number of carbonyl (C=O) groups is 2. The average molecular weight is 232 g/mol. The van der Waals surface area contributed by atoms with Crippen LogP contribution in [0.5, 0.6) is 0 Å². The standard InChI is InChI=1S/C10H20N2O4/c1-10(2,6-11-3)8(15)9(16)12-5-4-7(13)14/h8,11,15H,4-6H2,1-3H3,(H,12,16)(H,13,14)/t8-/m0/s1. The summed E-state index contributed by atoms with van der Waals surface area (Å²) in [6.45, 7) is 4.03. The molecule has 0 rings (SSSR count). The highest BCUT2D eigenvalue weighted by Gasteiger charge is 2.32. The quantitative estimate of drug-likeness (QED) is 0.460. The molecule has 1 amide bonds. The van der Waals surface area contributed by atoms with E-state index in [0.717, 1.165) is 0 Å². The van der Waals surface area contributed by atoms with Crippen LogP contribution >= 0.6 is 0 Å². The molecule has 6 nitrogen and oxygen atoms in total.